The van der Waals surface area contributed by atoms with Crippen molar-refractivity contribution in [2.45, 2.75) is 59.7 Å². The van der Waals surface area contributed by atoms with Crippen molar-refractivity contribution in [1.29, 1.82) is 0 Å². The Bertz CT molecular complexity index is 399. The van der Waals surface area contributed by atoms with Crippen molar-refractivity contribution < 1.29 is 4.42 Å². The molecule has 0 radical (unpaired) electrons. The van der Waals surface area contributed by atoms with E-state index in [1.165, 1.54) is 19.4 Å². The van der Waals surface area contributed by atoms with Crippen LogP contribution in [0.2, 0.25) is 0 Å². The highest BCUT2D eigenvalue weighted by Crippen LogP contribution is 2.24. The average molecular weight is 278 g/mol. The summed E-state index contributed by atoms with van der Waals surface area (Å²) < 4.78 is 5.94. The summed E-state index contributed by atoms with van der Waals surface area (Å²) in [5.41, 5.74) is 0. The van der Waals surface area contributed by atoms with E-state index >= 15 is 0 Å². The van der Waals surface area contributed by atoms with E-state index in [9.17, 15) is 0 Å². The molecule has 1 aromatic heterocycles. The lowest BCUT2D eigenvalue weighted by molar-refractivity contribution is 0.113. The fraction of sp³-hybridized carbons (Fsp3) is 0.765. The average Bonchev–Trinajstić information content (AvgIpc) is 2.80. The Morgan fingerprint density at radius 3 is 2.75 bits per heavy atom. The van der Waals surface area contributed by atoms with Crippen molar-refractivity contribution in [1.82, 2.24) is 10.2 Å². The van der Waals surface area contributed by atoms with Gasteiger partial charge in [0.15, 0.2) is 0 Å². The van der Waals surface area contributed by atoms with Crippen molar-refractivity contribution in [3.8, 4) is 0 Å². The molecule has 1 aromatic rings. The van der Waals surface area contributed by atoms with Gasteiger partial charge >= 0.3 is 0 Å². The van der Waals surface area contributed by atoms with E-state index in [-0.39, 0.29) is 0 Å². The van der Waals surface area contributed by atoms with Gasteiger partial charge in [0.25, 0.3) is 0 Å². The molecule has 1 N–H and O–H groups in total. The van der Waals surface area contributed by atoms with Crippen LogP contribution in [0.4, 0.5) is 0 Å². The first-order valence-electron chi connectivity index (χ1n) is 8.07. The normalized spacial score (nSPS) is 24.4. The molecule has 0 bridgehead atoms. The molecule has 0 amide bonds. The quantitative estimate of drug-likeness (QED) is 0.861. The second-order valence-electron chi connectivity index (χ2n) is 6.84. The fourth-order valence-electron chi connectivity index (χ4n) is 2.98. The van der Waals surface area contributed by atoms with E-state index < -0.39 is 0 Å². The van der Waals surface area contributed by atoms with Gasteiger partial charge < -0.3 is 9.73 Å². The molecule has 1 fully saturated rings. The molecular formula is C17H30N2O. The third-order valence-corrected chi connectivity index (χ3v) is 4.20. The minimum Gasteiger partial charge on any atom is -0.463 e. The number of likely N-dealkylation sites (tertiary alicyclic amines) is 1. The van der Waals surface area contributed by atoms with Gasteiger partial charge in [0.2, 0.25) is 0 Å². The van der Waals surface area contributed by atoms with Crippen LogP contribution in [0.25, 0.3) is 0 Å². The van der Waals surface area contributed by atoms with Gasteiger partial charge in [0, 0.05) is 6.04 Å². The molecule has 1 aliphatic heterocycles. The number of nitrogens with one attached hydrogen (secondary N) is 1. The van der Waals surface area contributed by atoms with Crippen LogP contribution in [0.5, 0.6) is 0 Å². The molecule has 0 spiro atoms. The highest BCUT2D eigenvalue weighted by molar-refractivity contribution is 5.07. The van der Waals surface area contributed by atoms with Crippen LogP contribution in [0.3, 0.4) is 0 Å². The number of hydrogen-bond donors (Lipinski definition) is 1. The Hall–Kier alpha value is -0.800. The number of nitrogens with zero attached hydrogens (tertiary/aromatic N) is 1. The molecule has 114 valence electrons. The van der Waals surface area contributed by atoms with Crippen molar-refractivity contribution in [2.75, 3.05) is 13.1 Å². The minimum absolute atomic E-state index is 0.673. The second-order valence-corrected chi connectivity index (χ2v) is 6.84. The van der Waals surface area contributed by atoms with Crippen LogP contribution < -0.4 is 5.32 Å². The summed E-state index contributed by atoms with van der Waals surface area (Å²) in [7, 11) is 0. The monoisotopic (exact) mass is 278 g/mol. The topological polar surface area (TPSA) is 28.4 Å². The van der Waals surface area contributed by atoms with E-state index in [4.69, 9.17) is 4.42 Å². The third kappa shape index (κ3) is 4.64. The standard InChI is InChI=1S/C17H30N2O/c1-13(2)10-18-11-16-5-6-17(20-16)12-19-8-7-14(3)9-15(19)4/h5-6,13-15,18H,7-12H2,1-4H3. The van der Waals surface area contributed by atoms with Crippen LogP contribution in [0.1, 0.15) is 52.1 Å². The fourth-order valence-corrected chi connectivity index (χ4v) is 2.98. The highest BCUT2D eigenvalue weighted by atomic mass is 16.3. The van der Waals surface area contributed by atoms with Gasteiger partial charge in [-0.2, -0.15) is 0 Å². The Labute approximate surface area is 123 Å². The molecule has 3 nitrogen and oxygen atoms in total. The molecule has 2 rings (SSSR count). The van der Waals surface area contributed by atoms with Crippen LogP contribution >= 0.6 is 0 Å². The summed E-state index contributed by atoms with van der Waals surface area (Å²) in [5.74, 6) is 3.71. The molecule has 2 unspecified atom stereocenters. The molecule has 2 heterocycles. The zero-order chi connectivity index (χ0) is 14.5. The van der Waals surface area contributed by atoms with Crippen molar-refractivity contribution in [3.05, 3.63) is 23.7 Å². The number of piperidine rings is 1. The van der Waals surface area contributed by atoms with E-state index in [2.05, 4.69) is 50.0 Å². The van der Waals surface area contributed by atoms with Gasteiger partial charge in [0.1, 0.15) is 11.5 Å². The third-order valence-electron chi connectivity index (χ3n) is 4.20. The summed E-state index contributed by atoms with van der Waals surface area (Å²) in [4.78, 5) is 2.55. The molecule has 0 saturated carbocycles. The Kier molecular flexibility index (Phi) is 5.67. The van der Waals surface area contributed by atoms with Crippen molar-refractivity contribution in [3.63, 3.8) is 0 Å². The molecule has 1 aliphatic rings. The van der Waals surface area contributed by atoms with E-state index in [1.807, 2.05) is 0 Å². The minimum atomic E-state index is 0.673. The largest absolute Gasteiger partial charge is 0.463 e. The first-order valence-corrected chi connectivity index (χ1v) is 8.07. The molecular weight excluding hydrogens is 248 g/mol. The Morgan fingerprint density at radius 2 is 2.05 bits per heavy atom. The lowest BCUT2D eigenvalue weighted by Gasteiger charge is -2.35. The second kappa shape index (κ2) is 7.28. The van der Waals surface area contributed by atoms with Gasteiger partial charge in [-0.3, -0.25) is 4.90 Å². The molecule has 0 aromatic carbocycles. The Balaban J connectivity index is 1.80. The van der Waals surface area contributed by atoms with Crippen LogP contribution in [0, 0.1) is 11.8 Å². The maximum absolute atomic E-state index is 5.94. The molecule has 2 atom stereocenters. The number of rotatable bonds is 6. The summed E-state index contributed by atoms with van der Waals surface area (Å²) in [6, 6.07) is 4.92. The highest BCUT2D eigenvalue weighted by Gasteiger charge is 2.23. The van der Waals surface area contributed by atoms with Crippen LogP contribution in [-0.4, -0.2) is 24.0 Å². The number of furan rings is 1. The summed E-state index contributed by atoms with van der Waals surface area (Å²) in [6.45, 7) is 13.2. The summed E-state index contributed by atoms with van der Waals surface area (Å²) >= 11 is 0. The van der Waals surface area contributed by atoms with Crippen LogP contribution in [0.15, 0.2) is 16.5 Å². The van der Waals surface area contributed by atoms with E-state index in [1.54, 1.807) is 0 Å². The van der Waals surface area contributed by atoms with Crippen LogP contribution in [-0.2, 0) is 13.1 Å². The molecule has 1 saturated heterocycles. The Morgan fingerprint density at radius 1 is 1.30 bits per heavy atom. The van der Waals surface area contributed by atoms with Gasteiger partial charge in [-0.1, -0.05) is 20.8 Å². The van der Waals surface area contributed by atoms with Gasteiger partial charge in [-0.25, -0.2) is 0 Å². The number of hydrogen-bond acceptors (Lipinski definition) is 3. The predicted molar refractivity (Wildman–Crippen MR) is 83.5 cm³/mol. The summed E-state index contributed by atoms with van der Waals surface area (Å²) in [5, 5.41) is 3.43. The SMILES string of the molecule is CC(C)CNCc1ccc(CN2CCC(C)CC2C)o1. The zero-order valence-corrected chi connectivity index (χ0v) is 13.5. The zero-order valence-electron chi connectivity index (χ0n) is 13.5. The molecule has 0 aliphatic carbocycles. The first kappa shape index (κ1) is 15.6. The van der Waals surface area contributed by atoms with Gasteiger partial charge in [-0.05, 0) is 56.8 Å². The van der Waals surface area contributed by atoms with Crippen molar-refractivity contribution >= 4 is 0 Å². The predicted octanol–water partition coefficient (Wildman–Crippen LogP) is 3.65. The maximum Gasteiger partial charge on any atom is 0.118 e. The maximum atomic E-state index is 5.94. The first-order chi connectivity index (χ1) is 9.54. The van der Waals surface area contributed by atoms with Gasteiger partial charge in [-0.15, -0.1) is 0 Å². The lowest BCUT2D eigenvalue weighted by Crippen LogP contribution is -2.39. The lowest BCUT2D eigenvalue weighted by atomic mass is 9.93. The van der Waals surface area contributed by atoms with E-state index in [0.717, 1.165) is 37.1 Å². The molecule has 20 heavy (non-hydrogen) atoms. The van der Waals surface area contributed by atoms with Gasteiger partial charge in [0.05, 0.1) is 13.1 Å². The molecule has 3 heteroatoms. The van der Waals surface area contributed by atoms with E-state index in [0.29, 0.717) is 12.0 Å². The van der Waals surface area contributed by atoms with Crippen molar-refractivity contribution in [2.24, 2.45) is 11.8 Å². The summed E-state index contributed by atoms with van der Waals surface area (Å²) in [6.07, 6.45) is 2.62. The smallest absolute Gasteiger partial charge is 0.118 e.